The zero-order valence-electron chi connectivity index (χ0n) is 11.3. The standard InChI is InChI=1S/C14H15ClFNO5/c15-10-4-6-3-7(16)1-2-8(6)17(10)14-13(21)12(20)11(19)9(5-18)22-14/h1-4,9,11-14,18-21H,5H2/t9-,11-,12+,13-,14-/m1/s1. The molecule has 5 atom stereocenters. The van der Waals surface area contributed by atoms with E-state index in [1.807, 2.05) is 0 Å². The number of nitrogens with zero attached hydrogens (tertiary/aromatic N) is 1. The van der Waals surface area contributed by atoms with Gasteiger partial charge in [-0.2, -0.15) is 0 Å². The van der Waals surface area contributed by atoms with Gasteiger partial charge in [-0.3, -0.25) is 0 Å². The molecule has 3 rings (SSSR count). The Morgan fingerprint density at radius 1 is 1.14 bits per heavy atom. The Morgan fingerprint density at radius 2 is 1.86 bits per heavy atom. The summed E-state index contributed by atoms with van der Waals surface area (Å²) in [6.07, 6.45) is -6.58. The molecule has 8 heteroatoms. The maximum Gasteiger partial charge on any atom is 0.164 e. The minimum atomic E-state index is -1.51. The Kier molecular flexibility index (Phi) is 4.11. The molecule has 0 amide bonds. The van der Waals surface area contributed by atoms with E-state index < -0.39 is 43.1 Å². The van der Waals surface area contributed by atoms with Crippen LogP contribution in [0.3, 0.4) is 0 Å². The number of ether oxygens (including phenoxy) is 1. The van der Waals surface area contributed by atoms with Gasteiger partial charge in [-0.1, -0.05) is 11.6 Å². The number of rotatable bonds is 2. The van der Waals surface area contributed by atoms with E-state index in [-0.39, 0.29) is 5.15 Å². The second kappa shape index (κ2) is 5.77. The summed E-state index contributed by atoms with van der Waals surface area (Å²) in [6, 6.07) is 5.49. The quantitative estimate of drug-likeness (QED) is 0.639. The normalized spacial score (nSPS) is 32.5. The summed E-state index contributed by atoms with van der Waals surface area (Å²) in [4.78, 5) is 0. The monoisotopic (exact) mass is 331 g/mol. The summed E-state index contributed by atoms with van der Waals surface area (Å²) in [5.74, 6) is -0.435. The number of halogens is 2. The fourth-order valence-corrected chi connectivity index (χ4v) is 3.03. The highest BCUT2D eigenvalue weighted by Crippen LogP contribution is 2.35. The van der Waals surface area contributed by atoms with Crippen molar-refractivity contribution in [3.8, 4) is 0 Å². The van der Waals surface area contributed by atoms with E-state index in [0.29, 0.717) is 10.9 Å². The first-order valence-corrected chi connectivity index (χ1v) is 7.08. The van der Waals surface area contributed by atoms with Crippen molar-refractivity contribution in [2.45, 2.75) is 30.6 Å². The van der Waals surface area contributed by atoms with Crippen LogP contribution in [0.4, 0.5) is 4.39 Å². The molecule has 0 spiro atoms. The average molecular weight is 332 g/mol. The third kappa shape index (κ3) is 2.40. The van der Waals surface area contributed by atoms with Gasteiger partial charge in [0.25, 0.3) is 0 Å². The Bertz CT molecular complexity index is 691. The van der Waals surface area contributed by atoms with Crippen LogP contribution in [-0.4, -0.2) is 56.0 Å². The van der Waals surface area contributed by atoms with Crippen molar-refractivity contribution in [3.63, 3.8) is 0 Å². The molecule has 0 aliphatic carbocycles. The molecule has 1 aromatic carbocycles. The molecule has 1 aliphatic heterocycles. The molecule has 6 nitrogen and oxygen atoms in total. The minimum absolute atomic E-state index is 0.171. The van der Waals surface area contributed by atoms with Crippen molar-refractivity contribution >= 4 is 22.5 Å². The van der Waals surface area contributed by atoms with Crippen molar-refractivity contribution in [1.82, 2.24) is 4.57 Å². The molecule has 1 fully saturated rings. The number of aromatic nitrogens is 1. The van der Waals surface area contributed by atoms with Crippen molar-refractivity contribution < 1.29 is 29.6 Å². The fraction of sp³-hybridized carbons (Fsp3) is 0.429. The van der Waals surface area contributed by atoms with Gasteiger partial charge in [0.1, 0.15) is 35.4 Å². The number of hydrogen-bond donors (Lipinski definition) is 4. The van der Waals surface area contributed by atoms with Crippen molar-refractivity contribution in [1.29, 1.82) is 0 Å². The lowest BCUT2D eigenvalue weighted by molar-refractivity contribution is -0.250. The molecule has 0 saturated carbocycles. The predicted octanol–water partition coefficient (Wildman–Crippen LogP) is 0.406. The van der Waals surface area contributed by atoms with Crippen LogP contribution in [-0.2, 0) is 4.74 Å². The molecule has 2 heterocycles. The van der Waals surface area contributed by atoms with Gasteiger partial charge >= 0.3 is 0 Å². The molecule has 0 bridgehead atoms. The average Bonchev–Trinajstić information content (AvgIpc) is 2.80. The van der Waals surface area contributed by atoms with Crippen molar-refractivity contribution in [2.24, 2.45) is 0 Å². The lowest BCUT2D eigenvalue weighted by Crippen LogP contribution is -2.56. The van der Waals surface area contributed by atoms with E-state index in [1.165, 1.54) is 28.8 Å². The van der Waals surface area contributed by atoms with Gasteiger partial charge in [-0.15, -0.1) is 0 Å². The Morgan fingerprint density at radius 3 is 2.55 bits per heavy atom. The molecule has 2 aromatic rings. The minimum Gasteiger partial charge on any atom is -0.394 e. The second-order valence-electron chi connectivity index (χ2n) is 5.26. The molecule has 4 N–H and O–H groups in total. The van der Waals surface area contributed by atoms with Crippen LogP contribution >= 0.6 is 11.6 Å². The number of aliphatic hydroxyl groups excluding tert-OH is 4. The second-order valence-corrected chi connectivity index (χ2v) is 5.65. The summed E-state index contributed by atoms with van der Waals surface area (Å²) < 4.78 is 20.1. The van der Waals surface area contributed by atoms with Gasteiger partial charge in [-0.25, -0.2) is 4.39 Å². The van der Waals surface area contributed by atoms with Crippen LogP contribution < -0.4 is 0 Å². The topological polar surface area (TPSA) is 95.1 Å². The van der Waals surface area contributed by atoms with Gasteiger partial charge in [-0.05, 0) is 24.3 Å². The molecule has 0 radical (unpaired) electrons. The van der Waals surface area contributed by atoms with E-state index in [2.05, 4.69) is 0 Å². The van der Waals surface area contributed by atoms with Crippen LogP contribution in [0.2, 0.25) is 5.15 Å². The predicted molar refractivity (Wildman–Crippen MR) is 75.9 cm³/mol. The van der Waals surface area contributed by atoms with E-state index in [9.17, 15) is 24.8 Å². The molecular weight excluding hydrogens is 317 g/mol. The van der Waals surface area contributed by atoms with Gasteiger partial charge in [0.2, 0.25) is 0 Å². The summed E-state index contributed by atoms with van der Waals surface area (Å²) in [5, 5.41) is 39.7. The third-order valence-corrected chi connectivity index (χ3v) is 4.17. The highest BCUT2D eigenvalue weighted by atomic mass is 35.5. The van der Waals surface area contributed by atoms with E-state index in [4.69, 9.17) is 16.3 Å². The molecule has 1 saturated heterocycles. The van der Waals surface area contributed by atoms with Crippen LogP contribution in [0.15, 0.2) is 24.3 Å². The van der Waals surface area contributed by atoms with E-state index in [1.54, 1.807) is 0 Å². The van der Waals surface area contributed by atoms with E-state index >= 15 is 0 Å². The van der Waals surface area contributed by atoms with E-state index in [0.717, 1.165) is 0 Å². The van der Waals surface area contributed by atoms with Gasteiger partial charge in [0.05, 0.1) is 12.1 Å². The summed E-state index contributed by atoms with van der Waals surface area (Å²) >= 11 is 6.14. The molecule has 1 aromatic heterocycles. The largest absolute Gasteiger partial charge is 0.394 e. The lowest BCUT2D eigenvalue weighted by atomic mass is 9.98. The maximum atomic E-state index is 13.3. The number of hydrogen-bond acceptors (Lipinski definition) is 5. The lowest BCUT2D eigenvalue weighted by Gasteiger charge is -2.41. The van der Waals surface area contributed by atoms with Crippen molar-refractivity contribution in [2.75, 3.05) is 6.61 Å². The van der Waals surface area contributed by atoms with Crippen LogP contribution in [0.25, 0.3) is 10.9 Å². The summed E-state index contributed by atoms with van der Waals surface area (Å²) in [6.45, 7) is -0.535. The number of fused-ring (bicyclic) bond motifs is 1. The highest BCUT2D eigenvalue weighted by Gasteiger charge is 2.44. The molecular formula is C14H15ClFNO5. The Balaban J connectivity index is 2.08. The van der Waals surface area contributed by atoms with Crippen molar-refractivity contribution in [3.05, 3.63) is 35.2 Å². The smallest absolute Gasteiger partial charge is 0.164 e. The third-order valence-electron chi connectivity index (χ3n) is 3.88. The van der Waals surface area contributed by atoms with Crippen LogP contribution in [0.5, 0.6) is 0 Å². The number of benzene rings is 1. The van der Waals surface area contributed by atoms with Crippen LogP contribution in [0, 0.1) is 5.82 Å². The summed E-state index contributed by atoms with van der Waals surface area (Å²) in [7, 11) is 0. The Hall–Kier alpha value is -1.22. The van der Waals surface area contributed by atoms with Gasteiger partial charge < -0.3 is 29.7 Å². The molecule has 120 valence electrons. The molecule has 1 aliphatic rings. The Labute approximate surface area is 129 Å². The van der Waals surface area contributed by atoms with Gasteiger partial charge in [0.15, 0.2) is 6.23 Å². The first kappa shape index (κ1) is 15.7. The molecule has 0 unspecified atom stereocenters. The highest BCUT2D eigenvalue weighted by molar-refractivity contribution is 6.31. The van der Waals surface area contributed by atoms with Gasteiger partial charge in [0, 0.05) is 5.39 Å². The fourth-order valence-electron chi connectivity index (χ4n) is 2.73. The zero-order chi connectivity index (χ0) is 16.0. The first-order chi connectivity index (χ1) is 10.4. The maximum absolute atomic E-state index is 13.3. The summed E-state index contributed by atoms with van der Waals surface area (Å²) in [5.41, 5.74) is 0.496. The molecule has 22 heavy (non-hydrogen) atoms. The first-order valence-electron chi connectivity index (χ1n) is 6.70. The zero-order valence-corrected chi connectivity index (χ0v) is 12.1. The van der Waals surface area contributed by atoms with Crippen LogP contribution in [0.1, 0.15) is 6.23 Å². The SMILES string of the molecule is OC[C@H]1O[C@@H](n2c(Cl)cc3cc(F)ccc32)[C@H](O)[C@@H](O)[C@@H]1O. The number of aliphatic hydroxyl groups is 4.